The van der Waals surface area contributed by atoms with Gasteiger partial charge in [-0.2, -0.15) is 0 Å². The second-order valence-electron chi connectivity index (χ2n) is 5.20. The van der Waals surface area contributed by atoms with E-state index in [4.69, 9.17) is 11.6 Å². The zero-order valence-electron chi connectivity index (χ0n) is 9.69. The minimum atomic E-state index is 0.381. The Morgan fingerprint density at radius 2 is 2.19 bits per heavy atom. The van der Waals surface area contributed by atoms with Crippen LogP contribution in [0.2, 0.25) is 5.02 Å². The Balaban J connectivity index is 2.15. The Morgan fingerprint density at radius 1 is 1.44 bits per heavy atom. The lowest BCUT2D eigenvalue weighted by Gasteiger charge is -2.29. The molecule has 1 N–H and O–H groups in total. The summed E-state index contributed by atoms with van der Waals surface area (Å²) in [7, 11) is 0. The lowest BCUT2D eigenvalue weighted by atomic mass is 9.87. The molecule has 1 aliphatic carbocycles. The molecule has 1 nitrogen and oxygen atoms in total. The lowest BCUT2D eigenvalue weighted by molar-refractivity contribution is 0.350. The predicted octanol–water partition coefficient (Wildman–Crippen LogP) is 4.94. The van der Waals surface area contributed by atoms with E-state index in [0.717, 1.165) is 10.7 Å². The van der Waals surface area contributed by atoms with Gasteiger partial charge >= 0.3 is 0 Å². The van der Waals surface area contributed by atoms with Gasteiger partial charge in [0, 0.05) is 9.61 Å². The fraction of sp³-hybridized carbons (Fsp3) is 0.538. The fourth-order valence-corrected chi connectivity index (χ4v) is 3.30. The first-order valence-corrected chi connectivity index (χ1v) is 7.16. The Morgan fingerprint density at radius 3 is 2.75 bits per heavy atom. The summed E-state index contributed by atoms with van der Waals surface area (Å²) in [6, 6.07) is 6.73. The highest BCUT2D eigenvalue weighted by Crippen LogP contribution is 2.40. The summed E-state index contributed by atoms with van der Waals surface area (Å²) in [6.07, 6.45) is 3.86. The van der Waals surface area contributed by atoms with Crippen LogP contribution in [0.15, 0.2) is 18.2 Å². The highest BCUT2D eigenvalue weighted by Gasteiger charge is 2.34. The highest BCUT2D eigenvalue weighted by atomic mass is 127. The maximum Gasteiger partial charge on any atom is 0.0648 e. The van der Waals surface area contributed by atoms with Crippen molar-refractivity contribution < 1.29 is 0 Å². The minimum absolute atomic E-state index is 0.381. The van der Waals surface area contributed by atoms with Crippen LogP contribution in [0.3, 0.4) is 0 Å². The van der Waals surface area contributed by atoms with Crippen LogP contribution in [0.5, 0.6) is 0 Å². The van der Waals surface area contributed by atoms with Crippen LogP contribution in [-0.2, 0) is 0 Å². The summed E-state index contributed by atoms with van der Waals surface area (Å²) < 4.78 is 1.18. The average Bonchev–Trinajstić information content (AvgIpc) is 2.50. The van der Waals surface area contributed by atoms with Crippen molar-refractivity contribution in [2.45, 2.75) is 39.2 Å². The normalized spacial score (nSPS) is 23.4. The van der Waals surface area contributed by atoms with E-state index in [-0.39, 0.29) is 0 Å². The van der Waals surface area contributed by atoms with Gasteiger partial charge in [0.25, 0.3) is 0 Å². The number of hydrogen-bond acceptors (Lipinski definition) is 1. The van der Waals surface area contributed by atoms with E-state index in [1.807, 2.05) is 6.07 Å². The van der Waals surface area contributed by atoms with Crippen molar-refractivity contribution in [2.75, 3.05) is 5.32 Å². The Bertz CT molecular complexity index is 390. The lowest BCUT2D eigenvalue weighted by Crippen LogP contribution is -2.30. The monoisotopic (exact) mass is 349 g/mol. The molecule has 1 fully saturated rings. The highest BCUT2D eigenvalue weighted by molar-refractivity contribution is 14.1. The van der Waals surface area contributed by atoms with Gasteiger partial charge in [0.2, 0.25) is 0 Å². The average molecular weight is 350 g/mol. The maximum absolute atomic E-state index is 6.23. The summed E-state index contributed by atoms with van der Waals surface area (Å²) in [4.78, 5) is 0. The molecular weight excluding hydrogens is 333 g/mol. The summed E-state index contributed by atoms with van der Waals surface area (Å²) >= 11 is 8.52. The van der Waals surface area contributed by atoms with E-state index in [1.165, 1.54) is 22.8 Å². The van der Waals surface area contributed by atoms with Gasteiger partial charge in [-0.05, 0) is 59.0 Å². The summed E-state index contributed by atoms with van der Waals surface area (Å²) in [5.74, 6) is 0. The Labute approximate surface area is 116 Å². The van der Waals surface area contributed by atoms with Crippen molar-refractivity contribution in [2.24, 2.45) is 5.41 Å². The zero-order chi connectivity index (χ0) is 11.8. The van der Waals surface area contributed by atoms with E-state index in [2.05, 4.69) is 53.9 Å². The molecule has 1 atom stereocenters. The third kappa shape index (κ3) is 2.65. The number of hydrogen-bond donors (Lipinski definition) is 1. The maximum atomic E-state index is 6.23. The molecular formula is C13H17ClIN. The molecule has 0 spiro atoms. The van der Waals surface area contributed by atoms with Crippen LogP contribution >= 0.6 is 34.2 Å². The molecule has 0 aliphatic heterocycles. The van der Waals surface area contributed by atoms with Crippen LogP contribution in [0.4, 0.5) is 5.69 Å². The predicted molar refractivity (Wildman–Crippen MR) is 79.2 cm³/mol. The first-order valence-electron chi connectivity index (χ1n) is 5.71. The van der Waals surface area contributed by atoms with Gasteiger partial charge in [-0.25, -0.2) is 0 Å². The second kappa shape index (κ2) is 4.73. The molecule has 1 aromatic carbocycles. The number of anilines is 1. The molecule has 2 rings (SSSR count). The number of rotatable bonds is 2. The van der Waals surface area contributed by atoms with Gasteiger partial charge in [-0.1, -0.05) is 31.9 Å². The Kier molecular flexibility index (Phi) is 3.69. The number of nitrogens with one attached hydrogen (secondary N) is 1. The van der Waals surface area contributed by atoms with Crippen LogP contribution in [0.25, 0.3) is 0 Å². The molecule has 1 unspecified atom stereocenters. The van der Waals surface area contributed by atoms with Crippen molar-refractivity contribution in [1.82, 2.24) is 0 Å². The third-order valence-corrected chi connectivity index (χ3v) is 4.50. The van der Waals surface area contributed by atoms with Gasteiger partial charge in [0.15, 0.2) is 0 Å². The van der Waals surface area contributed by atoms with E-state index >= 15 is 0 Å². The van der Waals surface area contributed by atoms with E-state index < -0.39 is 0 Å². The molecule has 88 valence electrons. The quantitative estimate of drug-likeness (QED) is 0.746. The molecule has 0 bridgehead atoms. The standard InChI is InChI=1S/C13H17ClIN/c1-13(2)7-3-4-12(13)16-11-6-5-9(15)8-10(11)14/h5-6,8,12,16H,3-4,7H2,1-2H3. The number of halogens is 2. The molecule has 16 heavy (non-hydrogen) atoms. The molecule has 0 amide bonds. The van der Waals surface area contributed by atoms with Crippen molar-refractivity contribution >= 4 is 39.9 Å². The second-order valence-corrected chi connectivity index (χ2v) is 6.85. The molecule has 1 aromatic rings. The van der Waals surface area contributed by atoms with Gasteiger partial charge in [0.1, 0.15) is 0 Å². The van der Waals surface area contributed by atoms with Crippen LogP contribution in [-0.4, -0.2) is 6.04 Å². The van der Waals surface area contributed by atoms with Gasteiger partial charge in [-0.3, -0.25) is 0 Å². The van der Waals surface area contributed by atoms with Gasteiger partial charge < -0.3 is 5.32 Å². The summed E-state index contributed by atoms with van der Waals surface area (Å²) in [5, 5.41) is 4.42. The van der Waals surface area contributed by atoms with E-state index in [1.54, 1.807) is 0 Å². The fourth-order valence-electron chi connectivity index (χ4n) is 2.39. The van der Waals surface area contributed by atoms with E-state index in [9.17, 15) is 0 Å². The SMILES string of the molecule is CC1(C)CCCC1Nc1ccc(I)cc1Cl. The molecule has 0 aromatic heterocycles. The van der Waals surface area contributed by atoms with Crippen LogP contribution in [0.1, 0.15) is 33.1 Å². The first kappa shape index (κ1) is 12.5. The van der Waals surface area contributed by atoms with Crippen molar-refractivity contribution in [1.29, 1.82) is 0 Å². The molecule has 1 saturated carbocycles. The largest absolute Gasteiger partial charge is 0.381 e. The summed E-state index contributed by atoms with van der Waals surface area (Å²) in [6.45, 7) is 4.66. The molecule has 0 heterocycles. The van der Waals surface area contributed by atoms with Crippen molar-refractivity contribution in [3.63, 3.8) is 0 Å². The van der Waals surface area contributed by atoms with Crippen molar-refractivity contribution in [3.8, 4) is 0 Å². The topological polar surface area (TPSA) is 12.0 Å². The number of benzene rings is 1. The minimum Gasteiger partial charge on any atom is -0.381 e. The van der Waals surface area contributed by atoms with Gasteiger partial charge in [-0.15, -0.1) is 0 Å². The van der Waals surface area contributed by atoms with Crippen molar-refractivity contribution in [3.05, 3.63) is 26.8 Å². The first-order chi connectivity index (χ1) is 7.49. The molecule has 0 radical (unpaired) electrons. The van der Waals surface area contributed by atoms with Crippen LogP contribution in [0, 0.1) is 8.99 Å². The molecule has 1 aliphatic rings. The van der Waals surface area contributed by atoms with Crippen LogP contribution < -0.4 is 5.32 Å². The third-order valence-electron chi connectivity index (χ3n) is 3.52. The molecule has 0 saturated heterocycles. The molecule has 3 heteroatoms. The smallest absolute Gasteiger partial charge is 0.0648 e. The Hall–Kier alpha value is 0.0400. The van der Waals surface area contributed by atoms with E-state index in [0.29, 0.717) is 11.5 Å². The zero-order valence-corrected chi connectivity index (χ0v) is 12.6. The van der Waals surface area contributed by atoms with Gasteiger partial charge in [0.05, 0.1) is 10.7 Å². The summed E-state index contributed by atoms with van der Waals surface area (Å²) in [5.41, 5.74) is 1.45.